The molecule has 2 aromatic carbocycles. The van der Waals surface area contributed by atoms with Crippen molar-refractivity contribution >= 4 is 21.8 Å². The number of ether oxygens (including phenoxy) is 1. The zero-order valence-corrected chi connectivity index (χ0v) is 16.0. The highest BCUT2D eigenvalue weighted by atomic mass is 32.2. The standard InChI is InChI=1S/C19H20FNO5S/c1-12(2)13-4-6-14(7-5-13)18(22)11-26-19(23)16-10-15(8-9-17(16)20)27(24,25)21-3/h4-10,12,21H,11H2,1-3H3. The van der Waals surface area contributed by atoms with Crippen LogP contribution in [0.3, 0.4) is 0 Å². The summed E-state index contributed by atoms with van der Waals surface area (Å²) in [6, 6.07) is 9.63. The van der Waals surface area contributed by atoms with E-state index < -0.39 is 39.8 Å². The molecule has 144 valence electrons. The Morgan fingerprint density at radius 1 is 1.11 bits per heavy atom. The van der Waals surface area contributed by atoms with Gasteiger partial charge in [0.15, 0.2) is 12.4 Å². The number of sulfonamides is 1. The summed E-state index contributed by atoms with van der Waals surface area (Å²) in [5.41, 5.74) is 0.863. The minimum absolute atomic E-state index is 0.283. The summed E-state index contributed by atoms with van der Waals surface area (Å²) in [5.74, 6) is -2.19. The van der Waals surface area contributed by atoms with E-state index in [2.05, 4.69) is 4.72 Å². The highest BCUT2D eigenvalue weighted by Gasteiger charge is 2.20. The quantitative estimate of drug-likeness (QED) is 0.577. The van der Waals surface area contributed by atoms with Crippen molar-refractivity contribution in [2.24, 2.45) is 0 Å². The van der Waals surface area contributed by atoms with Gasteiger partial charge in [0.2, 0.25) is 10.0 Å². The average molecular weight is 393 g/mol. The molecule has 8 heteroatoms. The minimum atomic E-state index is -3.85. The van der Waals surface area contributed by atoms with Gasteiger partial charge in [-0.3, -0.25) is 4.79 Å². The van der Waals surface area contributed by atoms with Gasteiger partial charge in [0.25, 0.3) is 0 Å². The summed E-state index contributed by atoms with van der Waals surface area (Å²) in [7, 11) is -2.65. The van der Waals surface area contributed by atoms with Crippen molar-refractivity contribution in [2.75, 3.05) is 13.7 Å². The lowest BCUT2D eigenvalue weighted by atomic mass is 10.0. The molecule has 0 atom stereocenters. The molecule has 0 aliphatic rings. The number of halogens is 1. The lowest BCUT2D eigenvalue weighted by Crippen LogP contribution is -2.20. The summed E-state index contributed by atoms with van der Waals surface area (Å²) >= 11 is 0. The third-order valence-electron chi connectivity index (χ3n) is 3.97. The van der Waals surface area contributed by atoms with Gasteiger partial charge in [-0.1, -0.05) is 38.1 Å². The van der Waals surface area contributed by atoms with Gasteiger partial charge in [0, 0.05) is 5.56 Å². The zero-order valence-electron chi connectivity index (χ0n) is 15.2. The third-order valence-corrected chi connectivity index (χ3v) is 5.38. The molecule has 0 amide bonds. The minimum Gasteiger partial charge on any atom is -0.454 e. The molecular weight excluding hydrogens is 373 g/mol. The summed E-state index contributed by atoms with van der Waals surface area (Å²) in [6.07, 6.45) is 0. The Labute approximate surface area is 157 Å². The molecule has 1 N–H and O–H groups in total. The molecule has 0 radical (unpaired) electrons. The van der Waals surface area contributed by atoms with Gasteiger partial charge in [0.05, 0.1) is 10.5 Å². The normalized spacial score (nSPS) is 11.4. The molecule has 6 nitrogen and oxygen atoms in total. The molecule has 27 heavy (non-hydrogen) atoms. The molecule has 0 aliphatic carbocycles. The van der Waals surface area contributed by atoms with E-state index in [4.69, 9.17) is 4.74 Å². The smallest absolute Gasteiger partial charge is 0.341 e. The molecule has 0 spiro atoms. The van der Waals surface area contributed by atoms with Gasteiger partial charge in [-0.2, -0.15) is 0 Å². The van der Waals surface area contributed by atoms with E-state index in [0.29, 0.717) is 11.5 Å². The second-order valence-electron chi connectivity index (χ2n) is 6.13. The summed E-state index contributed by atoms with van der Waals surface area (Å²) in [5, 5.41) is 0. The highest BCUT2D eigenvalue weighted by molar-refractivity contribution is 7.89. The van der Waals surface area contributed by atoms with Crippen molar-refractivity contribution in [2.45, 2.75) is 24.7 Å². The van der Waals surface area contributed by atoms with Crippen molar-refractivity contribution < 1.29 is 27.1 Å². The van der Waals surface area contributed by atoms with Crippen LogP contribution in [0.25, 0.3) is 0 Å². The third kappa shape index (κ3) is 4.99. The van der Waals surface area contributed by atoms with Gasteiger partial charge in [-0.25, -0.2) is 22.3 Å². The van der Waals surface area contributed by atoms with Crippen LogP contribution in [0.2, 0.25) is 0 Å². The molecule has 0 heterocycles. The van der Waals surface area contributed by atoms with Crippen LogP contribution in [0.4, 0.5) is 4.39 Å². The number of rotatable bonds is 7. The largest absolute Gasteiger partial charge is 0.454 e. The lowest BCUT2D eigenvalue weighted by molar-refractivity contribution is 0.0470. The first-order valence-electron chi connectivity index (χ1n) is 8.19. The van der Waals surface area contributed by atoms with Gasteiger partial charge < -0.3 is 4.74 Å². The molecule has 0 aliphatic heterocycles. The Morgan fingerprint density at radius 2 is 1.74 bits per heavy atom. The zero-order chi connectivity index (χ0) is 20.2. The topological polar surface area (TPSA) is 89.5 Å². The molecule has 0 bridgehead atoms. The second-order valence-corrected chi connectivity index (χ2v) is 8.01. The number of ketones is 1. The number of hydrogen-bond acceptors (Lipinski definition) is 5. The summed E-state index contributed by atoms with van der Waals surface area (Å²) in [4.78, 5) is 23.9. The molecule has 0 saturated carbocycles. The number of Topliss-reactive ketones (excluding diaryl/α,β-unsaturated/α-hetero) is 1. The number of hydrogen-bond donors (Lipinski definition) is 1. The fourth-order valence-electron chi connectivity index (χ4n) is 2.29. The van der Waals surface area contributed by atoms with Crippen molar-refractivity contribution in [1.29, 1.82) is 0 Å². The van der Waals surface area contributed by atoms with E-state index >= 15 is 0 Å². The first-order valence-corrected chi connectivity index (χ1v) is 9.67. The number of carbonyl (C=O) groups excluding carboxylic acids is 2. The van der Waals surface area contributed by atoms with Crippen molar-refractivity contribution in [3.05, 3.63) is 65.0 Å². The van der Waals surface area contributed by atoms with Gasteiger partial charge in [-0.05, 0) is 36.7 Å². The molecule has 0 fully saturated rings. The molecule has 2 aromatic rings. The SMILES string of the molecule is CNS(=O)(=O)c1ccc(F)c(C(=O)OCC(=O)c2ccc(C(C)C)cc2)c1. The van der Waals surface area contributed by atoms with Crippen LogP contribution in [-0.2, 0) is 14.8 Å². The predicted octanol–water partition coefficient (Wildman–Crippen LogP) is 2.90. The van der Waals surface area contributed by atoms with Crippen LogP contribution in [0.1, 0.15) is 46.0 Å². The van der Waals surface area contributed by atoms with E-state index in [1.54, 1.807) is 12.1 Å². The Balaban J connectivity index is 2.11. The van der Waals surface area contributed by atoms with E-state index in [9.17, 15) is 22.4 Å². The van der Waals surface area contributed by atoms with E-state index in [0.717, 1.165) is 23.8 Å². The van der Waals surface area contributed by atoms with Crippen LogP contribution in [0, 0.1) is 5.82 Å². The fraction of sp³-hybridized carbons (Fsp3) is 0.263. The maximum atomic E-state index is 13.9. The number of benzene rings is 2. The number of esters is 1. The van der Waals surface area contributed by atoms with E-state index in [1.165, 1.54) is 7.05 Å². The first-order chi connectivity index (χ1) is 12.7. The van der Waals surface area contributed by atoms with Gasteiger partial charge in [0.1, 0.15) is 5.82 Å². The van der Waals surface area contributed by atoms with E-state index in [-0.39, 0.29) is 4.90 Å². The van der Waals surface area contributed by atoms with Crippen LogP contribution in [0.5, 0.6) is 0 Å². The maximum absolute atomic E-state index is 13.9. The average Bonchev–Trinajstić information content (AvgIpc) is 2.66. The maximum Gasteiger partial charge on any atom is 0.341 e. The van der Waals surface area contributed by atoms with E-state index in [1.807, 2.05) is 26.0 Å². The van der Waals surface area contributed by atoms with Gasteiger partial charge >= 0.3 is 5.97 Å². The van der Waals surface area contributed by atoms with Crippen LogP contribution < -0.4 is 4.72 Å². The Bertz CT molecular complexity index is 953. The number of nitrogens with one attached hydrogen (secondary N) is 1. The number of carbonyl (C=O) groups is 2. The van der Waals surface area contributed by atoms with Crippen LogP contribution in [-0.4, -0.2) is 33.8 Å². The fourth-order valence-corrected chi connectivity index (χ4v) is 3.05. The molecule has 0 aromatic heterocycles. The predicted molar refractivity (Wildman–Crippen MR) is 97.8 cm³/mol. The highest BCUT2D eigenvalue weighted by Crippen LogP contribution is 2.17. The summed E-state index contributed by atoms with van der Waals surface area (Å²) in [6.45, 7) is 3.47. The van der Waals surface area contributed by atoms with Crippen molar-refractivity contribution in [1.82, 2.24) is 4.72 Å². The van der Waals surface area contributed by atoms with Gasteiger partial charge in [-0.15, -0.1) is 0 Å². The van der Waals surface area contributed by atoms with Crippen LogP contribution in [0.15, 0.2) is 47.4 Å². The Hall–Kier alpha value is -2.58. The van der Waals surface area contributed by atoms with Crippen molar-refractivity contribution in [3.63, 3.8) is 0 Å². The van der Waals surface area contributed by atoms with Crippen LogP contribution >= 0.6 is 0 Å². The van der Waals surface area contributed by atoms with Crippen molar-refractivity contribution in [3.8, 4) is 0 Å². The second kappa shape index (κ2) is 8.41. The molecule has 0 saturated heterocycles. The summed E-state index contributed by atoms with van der Waals surface area (Å²) < 4.78 is 44.4. The Morgan fingerprint density at radius 3 is 2.30 bits per heavy atom. The monoisotopic (exact) mass is 393 g/mol. The first kappa shape index (κ1) is 20.7. The lowest BCUT2D eigenvalue weighted by Gasteiger charge is -2.09. The molecule has 2 rings (SSSR count). The molecular formula is C19H20FNO5S. The Kier molecular flexibility index (Phi) is 6.45. The molecule has 0 unspecified atom stereocenters.